The van der Waals surface area contributed by atoms with Crippen molar-refractivity contribution < 1.29 is 9.90 Å². The Bertz CT molecular complexity index is 749. The van der Waals surface area contributed by atoms with Crippen LogP contribution in [0.25, 0.3) is 0 Å². The van der Waals surface area contributed by atoms with E-state index in [1.807, 2.05) is 60.7 Å². The van der Waals surface area contributed by atoms with Gasteiger partial charge in [-0.05, 0) is 23.3 Å². The smallest absolute Gasteiger partial charge is 0.339 e. The molecule has 1 heterocycles. The molecule has 0 saturated carbocycles. The molecule has 0 unspecified atom stereocenters. The Morgan fingerprint density at radius 3 is 1.96 bits per heavy atom. The van der Waals surface area contributed by atoms with E-state index in [4.69, 9.17) is 0 Å². The normalized spacial score (nSPS) is 10.5. The Morgan fingerprint density at radius 2 is 1.43 bits per heavy atom. The van der Waals surface area contributed by atoms with Gasteiger partial charge in [-0.25, -0.2) is 9.78 Å². The number of carboxylic acid groups (broad SMARTS) is 1. The molecule has 0 amide bonds. The highest BCUT2D eigenvalue weighted by Crippen LogP contribution is 2.27. The maximum absolute atomic E-state index is 11.4. The largest absolute Gasteiger partial charge is 0.478 e. The van der Waals surface area contributed by atoms with Gasteiger partial charge < -0.3 is 10.4 Å². The van der Waals surface area contributed by atoms with Gasteiger partial charge in [0, 0.05) is 6.20 Å². The number of hydrogen-bond acceptors (Lipinski definition) is 3. The van der Waals surface area contributed by atoms with Gasteiger partial charge in [-0.2, -0.15) is 0 Å². The van der Waals surface area contributed by atoms with Gasteiger partial charge in [-0.15, -0.1) is 0 Å². The molecule has 1 aromatic heterocycles. The minimum Gasteiger partial charge on any atom is -0.478 e. The summed E-state index contributed by atoms with van der Waals surface area (Å²) >= 11 is 0. The molecule has 23 heavy (non-hydrogen) atoms. The van der Waals surface area contributed by atoms with Crippen LogP contribution >= 0.6 is 0 Å². The lowest BCUT2D eigenvalue weighted by Gasteiger charge is -2.21. The van der Waals surface area contributed by atoms with Gasteiger partial charge in [0.1, 0.15) is 11.4 Å². The zero-order chi connectivity index (χ0) is 16.1. The van der Waals surface area contributed by atoms with Gasteiger partial charge >= 0.3 is 5.97 Å². The van der Waals surface area contributed by atoms with Gasteiger partial charge in [0.05, 0.1) is 6.04 Å². The predicted molar refractivity (Wildman–Crippen MR) is 89.5 cm³/mol. The van der Waals surface area contributed by atoms with Crippen LogP contribution in [-0.2, 0) is 0 Å². The molecule has 4 nitrogen and oxygen atoms in total. The third kappa shape index (κ3) is 3.37. The van der Waals surface area contributed by atoms with Crippen molar-refractivity contribution >= 4 is 11.8 Å². The van der Waals surface area contributed by atoms with Crippen LogP contribution in [0.3, 0.4) is 0 Å². The summed E-state index contributed by atoms with van der Waals surface area (Å²) in [5, 5.41) is 12.6. The number of aromatic carboxylic acids is 1. The minimum absolute atomic E-state index is 0.157. The lowest BCUT2D eigenvalue weighted by Crippen LogP contribution is -2.16. The zero-order valence-electron chi connectivity index (χ0n) is 12.4. The van der Waals surface area contributed by atoms with E-state index in [0.717, 1.165) is 11.1 Å². The quantitative estimate of drug-likeness (QED) is 0.748. The first-order valence-corrected chi connectivity index (χ1v) is 7.30. The number of nitrogens with one attached hydrogen (secondary N) is 1. The highest BCUT2D eigenvalue weighted by atomic mass is 16.4. The number of hydrogen-bond donors (Lipinski definition) is 2. The fourth-order valence-electron chi connectivity index (χ4n) is 2.48. The molecule has 0 atom stereocenters. The standard InChI is InChI=1S/C19H16N2O2/c22-19(23)16-12-7-13-20-18(16)21-17(14-8-3-1-4-9-14)15-10-5-2-6-11-15/h1-13,17H,(H,20,21)(H,22,23). The molecule has 0 aliphatic rings. The van der Waals surface area contributed by atoms with Crippen LogP contribution in [0.1, 0.15) is 27.5 Å². The van der Waals surface area contributed by atoms with Crippen LogP contribution in [0.15, 0.2) is 79.0 Å². The number of nitrogens with zero attached hydrogens (tertiary/aromatic N) is 1. The molecule has 0 radical (unpaired) electrons. The monoisotopic (exact) mass is 304 g/mol. The fourth-order valence-corrected chi connectivity index (χ4v) is 2.48. The van der Waals surface area contributed by atoms with E-state index in [1.54, 1.807) is 18.3 Å². The van der Waals surface area contributed by atoms with E-state index in [1.165, 1.54) is 0 Å². The molecule has 2 N–H and O–H groups in total. The number of carboxylic acids is 1. The van der Waals surface area contributed by atoms with E-state index in [9.17, 15) is 9.90 Å². The Kier molecular flexibility index (Phi) is 4.34. The average molecular weight is 304 g/mol. The summed E-state index contributed by atoms with van der Waals surface area (Å²) in [5.41, 5.74) is 2.24. The van der Waals surface area contributed by atoms with E-state index < -0.39 is 5.97 Å². The summed E-state index contributed by atoms with van der Waals surface area (Å²) in [7, 11) is 0. The van der Waals surface area contributed by atoms with Crippen molar-refractivity contribution in [1.29, 1.82) is 0 Å². The fraction of sp³-hybridized carbons (Fsp3) is 0.0526. The Balaban J connectivity index is 2.02. The molecule has 4 heteroatoms. The maximum Gasteiger partial charge on any atom is 0.339 e. The topological polar surface area (TPSA) is 62.2 Å². The summed E-state index contributed by atoms with van der Waals surface area (Å²) in [6.07, 6.45) is 1.59. The lowest BCUT2D eigenvalue weighted by atomic mass is 9.98. The Morgan fingerprint density at radius 1 is 0.870 bits per heavy atom. The summed E-state index contributed by atoms with van der Waals surface area (Å²) in [6.45, 7) is 0. The summed E-state index contributed by atoms with van der Waals surface area (Å²) in [5.74, 6) is -0.641. The Hall–Kier alpha value is -3.14. The van der Waals surface area contributed by atoms with Crippen LogP contribution in [0.2, 0.25) is 0 Å². The predicted octanol–water partition coefficient (Wildman–Crippen LogP) is 3.98. The number of pyridine rings is 1. The van der Waals surface area contributed by atoms with Crippen molar-refractivity contribution in [3.05, 3.63) is 95.7 Å². The third-order valence-corrected chi connectivity index (χ3v) is 3.58. The van der Waals surface area contributed by atoms with E-state index in [-0.39, 0.29) is 11.6 Å². The number of carbonyl (C=O) groups is 1. The average Bonchev–Trinajstić information content (AvgIpc) is 2.61. The molecular formula is C19H16N2O2. The molecule has 0 aliphatic heterocycles. The van der Waals surface area contributed by atoms with Crippen molar-refractivity contribution in [3.63, 3.8) is 0 Å². The van der Waals surface area contributed by atoms with Crippen molar-refractivity contribution in [1.82, 2.24) is 4.98 Å². The van der Waals surface area contributed by atoms with E-state index in [2.05, 4.69) is 10.3 Å². The number of benzene rings is 2. The second kappa shape index (κ2) is 6.75. The molecule has 0 saturated heterocycles. The van der Waals surface area contributed by atoms with Crippen LogP contribution in [-0.4, -0.2) is 16.1 Å². The maximum atomic E-state index is 11.4. The molecule has 3 aromatic rings. The second-order valence-corrected chi connectivity index (χ2v) is 5.10. The second-order valence-electron chi connectivity index (χ2n) is 5.10. The number of anilines is 1. The van der Waals surface area contributed by atoms with Crippen molar-refractivity contribution in [2.45, 2.75) is 6.04 Å². The van der Waals surface area contributed by atoms with Crippen molar-refractivity contribution in [2.75, 3.05) is 5.32 Å². The molecule has 2 aromatic carbocycles. The van der Waals surface area contributed by atoms with Crippen LogP contribution in [0.5, 0.6) is 0 Å². The molecule has 0 fully saturated rings. The van der Waals surface area contributed by atoms with E-state index >= 15 is 0 Å². The highest BCUT2D eigenvalue weighted by Gasteiger charge is 2.18. The minimum atomic E-state index is -1.000. The van der Waals surface area contributed by atoms with Gasteiger partial charge in [0.15, 0.2) is 0 Å². The number of aromatic nitrogens is 1. The highest BCUT2D eigenvalue weighted by molar-refractivity contribution is 5.93. The Labute approximate surface area is 134 Å². The van der Waals surface area contributed by atoms with Crippen molar-refractivity contribution in [3.8, 4) is 0 Å². The molecule has 0 bridgehead atoms. The number of rotatable bonds is 5. The van der Waals surface area contributed by atoms with Crippen LogP contribution < -0.4 is 5.32 Å². The SMILES string of the molecule is O=C(O)c1cccnc1NC(c1ccccc1)c1ccccc1. The van der Waals surface area contributed by atoms with Gasteiger partial charge in [-0.3, -0.25) is 0 Å². The first-order valence-electron chi connectivity index (χ1n) is 7.30. The van der Waals surface area contributed by atoms with Gasteiger partial charge in [-0.1, -0.05) is 60.7 Å². The third-order valence-electron chi connectivity index (χ3n) is 3.58. The van der Waals surface area contributed by atoms with Gasteiger partial charge in [0.2, 0.25) is 0 Å². The first-order chi connectivity index (χ1) is 11.3. The lowest BCUT2D eigenvalue weighted by molar-refractivity contribution is 0.0697. The van der Waals surface area contributed by atoms with Crippen LogP contribution in [0, 0.1) is 0 Å². The summed E-state index contributed by atoms with van der Waals surface area (Å²) < 4.78 is 0. The molecule has 0 spiro atoms. The molecule has 114 valence electrons. The molecular weight excluding hydrogens is 288 g/mol. The van der Waals surface area contributed by atoms with Gasteiger partial charge in [0.25, 0.3) is 0 Å². The summed E-state index contributed by atoms with van der Waals surface area (Å²) in [6, 6.07) is 22.8. The van der Waals surface area contributed by atoms with Crippen molar-refractivity contribution in [2.24, 2.45) is 0 Å². The zero-order valence-corrected chi connectivity index (χ0v) is 12.4. The molecule has 0 aliphatic carbocycles. The molecule has 3 rings (SSSR count). The summed E-state index contributed by atoms with van der Waals surface area (Å²) in [4.78, 5) is 15.6. The van der Waals surface area contributed by atoms with E-state index in [0.29, 0.717) is 5.82 Å². The van der Waals surface area contributed by atoms with Crippen LogP contribution in [0.4, 0.5) is 5.82 Å². The first kappa shape index (κ1) is 14.8.